The van der Waals surface area contributed by atoms with E-state index in [2.05, 4.69) is 15.0 Å². The minimum Gasteiger partial charge on any atom is -0.453 e. The molecular weight excluding hydrogens is 394 g/mol. The van der Waals surface area contributed by atoms with Crippen LogP contribution >= 0.6 is 34.3 Å². The summed E-state index contributed by atoms with van der Waals surface area (Å²) in [5, 5.41) is 7.20. The second-order valence-electron chi connectivity index (χ2n) is 5.30. The smallest absolute Gasteiger partial charge is 0.358 e. The van der Waals surface area contributed by atoms with E-state index >= 15 is 0 Å². The van der Waals surface area contributed by atoms with Gasteiger partial charge in [-0.3, -0.25) is 4.79 Å². The van der Waals surface area contributed by atoms with Crippen LogP contribution in [0.5, 0.6) is 0 Å². The van der Waals surface area contributed by atoms with Crippen molar-refractivity contribution < 1.29 is 9.53 Å². The number of thiophene rings is 1. The van der Waals surface area contributed by atoms with Crippen LogP contribution in [0.1, 0.15) is 16.3 Å². The van der Waals surface area contributed by atoms with E-state index in [4.69, 9.17) is 16.3 Å². The zero-order chi connectivity index (χ0) is 18.1. The van der Waals surface area contributed by atoms with E-state index in [1.807, 2.05) is 16.8 Å². The Balaban J connectivity index is 1.51. The van der Waals surface area contributed by atoms with Gasteiger partial charge in [0.05, 0.1) is 10.9 Å². The lowest BCUT2D eigenvalue weighted by Crippen LogP contribution is -2.14. The number of nitrogens with zero attached hydrogens (tertiary/aromatic N) is 2. The maximum Gasteiger partial charge on any atom is 0.358 e. The molecule has 130 valence electrons. The Morgan fingerprint density at radius 2 is 2.12 bits per heavy atom. The number of fused-ring (bicyclic) bond motifs is 1. The molecule has 0 aliphatic carbocycles. The van der Waals surface area contributed by atoms with Crippen LogP contribution in [0.4, 0.5) is 0 Å². The molecule has 0 spiro atoms. The molecule has 0 bridgehead atoms. The molecule has 0 saturated heterocycles. The number of hydrogen-bond donors (Lipinski definition) is 1. The van der Waals surface area contributed by atoms with Crippen LogP contribution in [-0.2, 0) is 11.3 Å². The van der Waals surface area contributed by atoms with Gasteiger partial charge in [0, 0.05) is 21.3 Å². The molecule has 26 heavy (non-hydrogen) atoms. The van der Waals surface area contributed by atoms with Gasteiger partial charge in [-0.1, -0.05) is 11.6 Å². The first kappa shape index (κ1) is 16.9. The second kappa shape index (κ2) is 6.99. The average molecular weight is 404 g/mol. The van der Waals surface area contributed by atoms with Crippen LogP contribution in [0.15, 0.2) is 45.2 Å². The van der Waals surface area contributed by atoms with Gasteiger partial charge in [-0.15, -0.1) is 11.3 Å². The molecule has 0 amide bonds. The van der Waals surface area contributed by atoms with E-state index in [1.165, 1.54) is 11.3 Å². The van der Waals surface area contributed by atoms with Crippen molar-refractivity contribution in [3.05, 3.63) is 67.3 Å². The molecular formula is C17H10ClN3O3S2. The third kappa shape index (κ3) is 3.39. The Labute approximate surface area is 160 Å². The number of halogens is 1. The summed E-state index contributed by atoms with van der Waals surface area (Å²) in [5.41, 5.74) is 1.32. The Kier molecular flexibility index (Phi) is 4.54. The van der Waals surface area contributed by atoms with Crippen molar-refractivity contribution in [1.29, 1.82) is 0 Å². The van der Waals surface area contributed by atoms with E-state index in [-0.39, 0.29) is 23.7 Å². The summed E-state index contributed by atoms with van der Waals surface area (Å²) in [6.45, 7) is -0.165. The first-order valence-corrected chi connectivity index (χ1v) is 9.64. The highest BCUT2D eigenvalue weighted by atomic mass is 35.5. The van der Waals surface area contributed by atoms with Crippen molar-refractivity contribution in [2.45, 2.75) is 6.61 Å². The van der Waals surface area contributed by atoms with Crippen molar-refractivity contribution >= 4 is 51.1 Å². The average Bonchev–Trinajstić information content (AvgIpc) is 3.30. The molecule has 1 N–H and O–H groups in total. The number of esters is 1. The van der Waals surface area contributed by atoms with Crippen molar-refractivity contribution in [3.63, 3.8) is 0 Å². The minimum atomic E-state index is -0.573. The molecule has 9 heteroatoms. The number of nitrogens with one attached hydrogen (secondary N) is 1. The second-order valence-corrected chi connectivity index (χ2v) is 7.37. The number of carbonyl (C=O) groups excluding carboxylic acids is 1. The summed E-state index contributed by atoms with van der Waals surface area (Å²) in [5.74, 6) is -0.331. The number of aromatic nitrogens is 3. The predicted molar refractivity (Wildman–Crippen MR) is 102 cm³/mol. The molecule has 0 aliphatic heterocycles. The molecule has 0 atom stereocenters. The van der Waals surface area contributed by atoms with Gasteiger partial charge in [0.15, 0.2) is 5.69 Å². The highest BCUT2D eigenvalue weighted by Gasteiger charge is 2.14. The maximum absolute atomic E-state index is 12.2. The van der Waals surface area contributed by atoms with Crippen molar-refractivity contribution in [2.75, 3.05) is 0 Å². The fourth-order valence-corrected chi connectivity index (χ4v) is 3.99. The van der Waals surface area contributed by atoms with Crippen LogP contribution in [0.3, 0.4) is 0 Å². The molecule has 4 rings (SSSR count). The number of ether oxygens (including phenoxy) is 1. The lowest BCUT2D eigenvalue weighted by atomic mass is 10.2. The van der Waals surface area contributed by atoms with Gasteiger partial charge < -0.3 is 9.72 Å². The highest BCUT2D eigenvalue weighted by molar-refractivity contribution is 7.14. The Morgan fingerprint density at radius 1 is 1.23 bits per heavy atom. The van der Waals surface area contributed by atoms with E-state index in [1.54, 1.807) is 34.9 Å². The van der Waals surface area contributed by atoms with Gasteiger partial charge in [-0.25, -0.2) is 14.8 Å². The third-order valence-corrected chi connectivity index (χ3v) is 5.35. The largest absolute Gasteiger partial charge is 0.453 e. The summed E-state index contributed by atoms with van der Waals surface area (Å²) in [6, 6.07) is 6.74. The maximum atomic E-state index is 12.2. The number of aromatic amines is 1. The zero-order valence-electron chi connectivity index (χ0n) is 13.1. The number of rotatable bonds is 4. The molecule has 0 fully saturated rings. The van der Waals surface area contributed by atoms with Gasteiger partial charge in [0.1, 0.15) is 17.4 Å². The molecule has 0 radical (unpaired) electrons. The first-order chi connectivity index (χ1) is 12.6. The van der Waals surface area contributed by atoms with E-state index in [0.29, 0.717) is 15.9 Å². The predicted octanol–water partition coefficient (Wildman–Crippen LogP) is 4.12. The van der Waals surface area contributed by atoms with E-state index in [9.17, 15) is 9.59 Å². The monoisotopic (exact) mass is 403 g/mol. The fourth-order valence-electron chi connectivity index (χ4n) is 2.32. The van der Waals surface area contributed by atoms with Crippen LogP contribution in [0, 0.1) is 0 Å². The fraction of sp³-hybridized carbons (Fsp3) is 0.0588. The molecule has 3 aromatic heterocycles. The summed E-state index contributed by atoms with van der Waals surface area (Å²) in [4.78, 5) is 35.4. The van der Waals surface area contributed by atoms with Crippen molar-refractivity contribution in [3.8, 4) is 10.6 Å². The standard InChI is InChI=1S/C17H10ClN3O3S2/c18-10-1-2-11-12(5-10)19-14(21-15(11)22)6-24-17(23)13-8-26-16(20-13)9-3-4-25-7-9/h1-5,7-8H,6H2,(H,19,21,22). The minimum absolute atomic E-state index is 0.165. The topological polar surface area (TPSA) is 84.9 Å². The number of carbonyl (C=O) groups is 1. The van der Waals surface area contributed by atoms with Crippen LogP contribution in [0.25, 0.3) is 21.5 Å². The molecule has 4 aromatic rings. The molecule has 0 unspecified atom stereocenters. The van der Waals surface area contributed by atoms with Crippen molar-refractivity contribution in [1.82, 2.24) is 15.0 Å². The molecule has 0 saturated carbocycles. The number of benzene rings is 1. The molecule has 1 aromatic carbocycles. The quantitative estimate of drug-likeness (QED) is 0.518. The summed E-state index contributed by atoms with van der Waals surface area (Å²) < 4.78 is 5.22. The van der Waals surface area contributed by atoms with Gasteiger partial charge in [0.2, 0.25) is 0 Å². The lowest BCUT2D eigenvalue weighted by molar-refractivity contribution is 0.0456. The van der Waals surface area contributed by atoms with Gasteiger partial charge in [-0.05, 0) is 29.6 Å². The highest BCUT2D eigenvalue weighted by Crippen LogP contribution is 2.26. The summed E-state index contributed by atoms with van der Waals surface area (Å²) in [7, 11) is 0. The molecule has 3 heterocycles. The molecule has 0 aliphatic rings. The van der Waals surface area contributed by atoms with E-state index in [0.717, 1.165) is 10.6 Å². The van der Waals surface area contributed by atoms with Crippen LogP contribution in [-0.4, -0.2) is 20.9 Å². The normalized spacial score (nSPS) is 11.0. The van der Waals surface area contributed by atoms with Gasteiger partial charge in [0.25, 0.3) is 5.56 Å². The summed E-state index contributed by atoms with van der Waals surface area (Å²) >= 11 is 8.86. The SMILES string of the molecule is O=C(OCc1nc2cc(Cl)ccc2c(=O)[nH]1)c1csc(-c2ccsc2)n1. The number of H-pyrrole nitrogens is 1. The first-order valence-electron chi connectivity index (χ1n) is 7.44. The van der Waals surface area contributed by atoms with Crippen molar-refractivity contribution in [2.24, 2.45) is 0 Å². The Hall–Kier alpha value is -2.55. The van der Waals surface area contributed by atoms with Crippen LogP contribution in [0.2, 0.25) is 5.02 Å². The lowest BCUT2D eigenvalue weighted by Gasteiger charge is -2.04. The zero-order valence-corrected chi connectivity index (χ0v) is 15.5. The molecule has 6 nitrogen and oxygen atoms in total. The summed E-state index contributed by atoms with van der Waals surface area (Å²) in [6.07, 6.45) is 0. The van der Waals surface area contributed by atoms with E-state index < -0.39 is 5.97 Å². The number of hydrogen-bond acceptors (Lipinski definition) is 7. The third-order valence-electron chi connectivity index (χ3n) is 3.54. The van der Waals surface area contributed by atoms with Crippen LogP contribution < -0.4 is 5.56 Å². The Bertz CT molecular complexity index is 1150. The van der Waals surface area contributed by atoms with Gasteiger partial charge >= 0.3 is 5.97 Å². The Morgan fingerprint density at radius 3 is 2.92 bits per heavy atom. The number of thiazole rings is 1. The van der Waals surface area contributed by atoms with Gasteiger partial charge in [-0.2, -0.15) is 11.3 Å².